The highest BCUT2D eigenvalue weighted by atomic mass is 16.5. The minimum absolute atomic E-state index is 0.576. The Morgan fingerprint density at radius 3 is 2.81 bits per heavy atom. The van der Waals surface area contributed by atoms with Gasteiger partial charge in [-0.05, 0) is 44.9 Å². The van der Waals surface area contributed by atoms with Gasteiger partial charge >= 0.3 is 0 Å². The number of nitrogens with one attached hydrogen (secondary N) is 2. The fourth-order valence-electron chi connectivity index (χ4n) is 3.65. The van der Waals surface area contributed by atoms with E-state index in [0.717, 1.165) is 51.7 Å². The molecule has 0 spiro atoms. The predicted molar refractivity (Wildman–Crippen MR) is 115 cm³/mol. The monoisotopic (exact) mass is 375 g/mol. The maximum atomic E-state index is 5.22. The molecule has 0 radical (unpaired) electrons. The lowest BCUT2D eigenvalue weighted by Crippen LogP contribution is -2.46. The molecule has 2 rings (SSSR count). The summed E-state index contributed by atoms with van der Waals surface area (Å²) in [6, 6.07) is 11.2. The predicted octanol–water partition coefficient (Wildman–Crippen LogP) is 2.18. The van der Waals surface area contributed by atoms with Gasteiger partial charge in [0, 0.05) is 58.6 Å². The zero-order valence-electron chi connectivity index (χ0n) is 17.3. The summed E-state index contributed by atoms with van der Waals surface area (Å²) < 4.78 is 5.22. The first kappa shape index (κ1) is 21.5. The molecular weight excluding hydrogens is 338 g/mol. The molecule has 1 aliphatic rings. The van der Waals surface area contributed by atoms with Gasteiger partial charge in [-0.25, -0.2) is 0 Å². The van der Waals surface area contributed by atoms with Crippen molar-refractivity contribution in [2.24, 2.45) is 4.99 Å². The second kappa shape index (κ2) is 12.6. The molecule has 1 unspecified atom stereocenters. The summed E-state index contributed by atoms with van der Waals surface area (Å²) in [7, 11) is 3.61. The number of ether oxygens (including phenoxy) is 1. The standard InChI is InChI=1S/C21H37N5O/c1-4-25(19-10-6-5-7-11-19)15-9-13-23-21(22-2)24-18-20-12-8-14-26(20)16-17-27-3/h5-7,10-11,20H,4,8-9,12-18H2,1-3H3,(H2,22,23,24). The molecule has 1 saturated heterocycles. The third kappa shape index (κ3) is 7.39. The van der Waals surface area contributed by atoms with Gasteiger partial charge in [0.15, 0.2) is 5.96 Å². The van der Waals surface area contributed by atoms with Crippen molar-refractivity contribution < 1.29 is 4.74 Å². The number of nitrogens with zero attached hydrogens (tertiary/aromatic N) is 3. The number of likely N-dealkylation sites (tertiary alicyclic amines) is 1. The Kier molecular flexibility index (Phi) is 10.0. The third-order valence-corrected chi connectivity index (χ3v) is 5.21. The smallest absolute Gasteiger partial charge is 0.191 e. The Balaban J connectivity index is 1.66. The fraction of sp³-hybridized carbons (Fsp3) is 0.667. The van der Waals surface area contributed by atoms with E-state index in [0.29, 0.717) is 6.04 Å². The number of aliphatic imine (C=N–C) groups is 1. The van der Waals surface area contributed by atoms with E-state index in [2.05, 4.69) is 62.7 Å². The molecule has 6 heteroatoms. The van der Waals surface area contributed by atoms with Crippen molar-refractivity contribution in [1.29, 1.82) is 0 Å². The molecule has 1 aliphatic heterocycles. The van der Waals surface area contributed by atoms with Gasteiger partial charge in [-0.2, -0.15) is 0 Å². The highest BCUT2D eigenvalue weighted by molar-refractivity contribution is 5.79. The summed E-state index contributed by atoms with van der Waals surface area (Å²) in [5.74, 6) is 0.899. The van der Waals surface area contributed by atoms with Crippen molar-refractivity contribution in [3.05, 3.63) is 30.3 Å². The van der Waals surface area contributed by atoms with Crippen molar-refractivity contribution in [3.8, 4) is 0 Å². The van der Waals surface area contributed by atoms with Gasteiger partial charge in [0.1, 0.15) is 0 Å². The summed E-state index contributed by atoms with van der Waals surface area (Å²) in [6.07, 6.45) is 3.59. The van der Waals surface area contributed by atoms with Crippen molar-refractivity contribution in [2.45, 2.75) is 32.2 Å². The van der Waals surface area contributed by atoms with Crippen LogP contribution in [0.2, 0.25) is 0 Å². The van der Waals surface area contributed by atoms with Gasteiger partial charge in [-0.15, -0.1) is 0 Å². The molecule has 1 atom stereocenters. The summed E-state index contributed by atoms with van der Waals surface area (Å²) in [5.41, 5.74) is 1.29. The molecule has 152 valence electrons. The number of methoxy groups -OCH3 is 1. The molecule has 0 bridgehead atoms. The molecule has 0 amide bonds. The van der Waals surface area contributed by atoms with Gasteiger partial charge in [0.25, 0.3) is 0 Å². The largest absolute Gasteiger partial charge is 0.383 e. The number of rotatable bonds is 11. The van der Waals surface area contributed by atoms with Crippen LogP contribution in [0.4, 0.5) is 5.69 Å². The fourth-order valence-corrected chi connectivity index (χ4v) is 3.65. The van der Waals surface area contributed by atoms with Crippen LogP contribution in [0.25, 0.3) is 0 Å². The summed E-state index contributed by atoms with van der Waals surface area (Å²) in [4.78, 5) is 9.29. The first-order chi connectivity index (χ1) is 13.3. The second-order valence-corrected chi connectivity index (χ2v) is 6.97. The highest BCUT2D eigenvalue weighted by Crippen LogP contribution is 2.16. The van der Waals surface area contributed by atoms with Gasteiger partial charge in [-0.3, -0.25) is 9.89 Å². The summed E-state index contributed by atoms with van der Waals surface area (Å²) in [6.45, 7) is 9.12. The van der Waals surface area contributed by atoms with E-state index < -0.39 is 0 Å². The Hall–Kier alpha value is -1.79. The normalized spacial score (nSPS) is 17.9. The summed E-state index contributed by atoms with van der Waals surface area (Å²) in [5, 5.41) is 6.95. The molecule has 0 aliphatic carbocycles. The molecule has 6 nitrogen and oxygen atoms in total. The highest BCUT2D eigenvalue weighted by Gasteiger charge is 2.23. The number of hydrogen-bond donors (Lipinski definition) is 2. The van der Waals surface area contributed by atoms with Crippen LogP contribution in [0.1, 0.15) is 26.2 Å². The van der Waals surface area contributed by atoms with E-state index in [-0.39, 0.29) is 0 Å². The SMILES string of the molecule is CCN(CCCNC(=NC)NCC1CCCN1CCOC)c1ccccc1. The number of hydrogen-bond acceptors (Lipinski definition) is 4. The van der Waals surface area contributed by atoms with Crippen molar-refractivity contribution in [1.82, 2.24) is 15.5 Å². The first-order valence-corrected chi connectivity index (χ1v) is 10.3. The van der Waals surface area contributed by atoms with E-state index in [9.17, 15) is 0 Å². The number of benzene rings is 1. The molecule has 1 fully saturated rings. The van der Waals surface area contributed by atoms with Crippen molar-refractivity contribution in [3.63, 3.8) is 0 Å². The van der Waals surface area contributed by atoms with Gasteiger partial charge < -0.3 is 20.3 Å². The van der Waals surface area contributed by atoms with Crippen LogP contribution in [0, 0.1) is 0 Å². The quantitative estimate of drug-likeness (QED) is 0.353. The van der Waals surface area contributed by atoms with Crippen LogP contribution in [0.15, 0.2) is 35.3 Å². The Morgan fingerprint density at radius 2 is 2.11 bits per heavy atom. The number of guanidine groups is 1. The zero-order chi connectivity index (χ0) is 19.3. The number of anilines is 1. The minimum Gasteiger partial charge on any atom is -0.383 e. The maximum absolute atomic E-state index is 5.22. The van der Waals surface area contributed by atoms with E-state index in [1.165, 1.54) is 25.1 Å². The molecule has 2 N–H and O–H groups in total. The lowest BCUT2D eigenvalue weighted by Gasteiger charge is -2.25. The van der Waals surface area contributed by atoms with E-state index >= 15 is 0 Å². The molecule has 1 heterocycles. The van der Waals surface area contributed by atoms with Crippen molar-refractivity contribution >= 4 is 11.6 Å². The van der Waals surface area contributed by atoms with Crippen LogP contribution in [0.3, 0.4) is 0 Å². The molecular formula is C21H37N5O. The Bertz CT molecular complexity index is 537. The van der Waals surface area contributed by atoms with Crippen LogP contribution >= 0.6 is 0 Å². The Morgan fingerprint density at radius 1 is 1.30 bits per heavy atom. The topological polar surface area (TPSA) is 52.1 Å². The lowest BCUT2D eigenvalue weighted by atomic mass is 10.2. The van der Waals surface area contributed by atoms with Crippen LogP contribution < -0.4 is 15.5 Å². The molecule has 1 aromatic rings. The molecule has 0 saturated carbocycles. The van der Waals surface area contributed by atoms with Crippen LogP contribution in [-0.4, -0.2) is 76.9 Å². The average Bonchev–Trinajstić information content (AvgIpc) is 3.16. The second-order valence-electron chi connectivity index (χ2n) is 6.97. The van der Waals surface area contributed by atoms with Gasteiger partial charge in [0.05, 0.1) is 6.61 Å². The van der Waals surface area contributed by atoms with Crippen LogP contribution in [-0.2, 0) is 4.74 Å². The summed E-state index contributed by atoms with van der Waals surface area (Å²) >= 11 is 0. The molecule has 0 aromatic heterocycles. The van der Waals surface area contributed by atoms with E-state index in [1.54, 1.807) is 7.11 Å². The average molecular weight is 376 g/mol. The van der Waals surface area contributed by atoms with Gasteiger partial charge in [0.2, 0.25) is 0 Å². The molecule has 1 aromatic carbocycles. The third-order valence-electron chi connectivity index (χ3n) is 5.21. The van der Waals surface area contributed by atoms with E-state index in [4.69, 9.17) is 4.74 Å². The number of para-hydroxylation sites is 1. The minimum atomic E-state index is 0.576. The van der Waals surface area contributed by atoms with Crippen molar-refractivity contribution in [2.75, 3.05) is 64.9 Å². The zero-order valence-corrected chi connectivity index (χ0v) is 17.3. The Labute approximate surface area is 165 Å². The van der Waals surface area contributed by atoms with Crippen LogP contribution in [0.5, 0.6) is 0 Å². The van der Waals surface area contributed by atoms with E-state index in [1.807, 2.05) is 7.05 Å². The molecule has 27 heavy (non-hydrogen) atoms. The first-order valence-electron chi connectivity index (χ1n) is 10.3. The maximum Gasteiger partial charge on any atom is 0.191 e. The van der Waals surface area contributed by atoms with Gasteiger partial charge in [-0.1, -0.05) is 18.2 Å². The lowest BCUT2D eigenvalue weighted by molar-refractivity contribution is 0.141.